The van der Waals surface area contributed by atoms with Crippen LogP contribution in [0.25, 0.3) is 22.6 Å². The van der Waals surface area contributed by atoms with Gasteiger partial charge in [-0.1, -0.05) is 24.2 Å². The fraction of sp³-hybridized carbons (Fsp3) is 0.261. The summed E-state index contributed by atoms with van der Waals surface area (Å²) in [5.74, 6) is -3.07. The van der Waals surface area contributed by atoms with Crippen molar-refractivity contribution >= 4 is 17.4 Å². The Morgan fingerprint density at radius 2 is 1.80 bits per heavy atom. The molecule has 1 N–H and O–H groups in total. The van der Waals surface area contributed by atoms with Crippen LogP contribution in [0, 0.1) is 11.6 Å². The summed E-state index contributed by atoms with van der Waals surface area (Å²) in [5, 5.41) is 1.48. The van der Waals surface area contributed by atoms with Gasteiger partial charge < -0.3 is 15.0 Å². The third kappa shape index (κ3) is 6.64. The van der Waals surface area contributed by atoms with E-state index in [0.29, 0.717) is 13.0 Å². The van der Waals surface area contributed by atoms with Crippen LogP contribution in [0.2, 0.25) is 5.15 Å². The maximum Gasteiger partial charge on any atom is 0.430 e. The molecule has 2 heterocycles. The molecule has 0 aliphatic rings. The Labute approximate surface area is 203 Å². The van der Waals surface area contributed by atoms with Crippen molar-refractivity contribution in [2.75, 3.05) is 32.6 Å². The third-order valence-corrected chi connectivity index (χ3v) is 4.93. The van der Waals surface area contributed by atoms with Crippen molar-refractivity contribution in [2.24, 2.45) is 0 Å². The summed E-state index contributed by atoms with van der Waals surface area (Å²) in [6.07, 6.45) is -2.83. The Hall–Kier alpha value is -3.31. The predicted molar refractivity (Wildman–Crippen MR) is 123 cm³/mol. The number of alkyl halides is 3. The fourth-order valence-corrected chi connectivity index (χ4v) is 3.28. The van der Waals surface area contributed by atoms with E-state index in [4.69, 9.17) is 16.3 Å². The molecule has 12 heteroatoms. The van der Waals surface area contributed by atoms with Crippen LogP contribution in [0.4, 0.5) is 27.8 Å². The quantitative estimate of drug-likeness (QED) is 0.216. The van der Waals surface area contributed by atoms with Crippen LogP contribution in [-0.2, 0) is 0 Å². The number of benzene rings is 1. The van der Waals surface area contributed by atoms with Gasteiger partial charge in [0, 0.05) is 24.9 Å². The van der Waals surface area contributed by atoms with Gasteiger partial charge in [0.15, 0.2) is 5.82 Å². The molecule has 0 fully saturated rings. The van der Waals surface area contributed by atoms with Gasteiger partial charge in [-0.2, -0.15) is 13.2 Å². The molecular formula is C23H21ClF5N5O. The second kappa shape index (κ2) is 11.0. The normalized spacial score (nSPS) is 11.6. The maximum absolute atomic E-state index is 15.1. The number of rotatable bonds is 9. The number of ether oxygens (including phenoxy) is 1. The van der Waals surface area contributed by atoms with Crippen LogP contribution in [0.3, 0.4) is 0 Å². The first-order chi connectivity index (χ1) is 16.5. The van der Waals surface area contributed by atoms with Crippen molar-refractivity contribution in [3.05, 3.63) is 65.6 Å². The average molecular weight is 514 g/mol. The molecule has 35 heavy (non-hydrogen) atoms. The summed E-state index contributed by atoms with van der Waals surface area (Å²) in [6.45, 7) is 3.85. The highest BCUT2D eigenvalue weighted by atomic mass is 35.5. The van der Waals surface area contributed by atoms with E-state index in [0.717, 1.165) is 12.1 Å². The number of halogens is 6. The van der Waals surface area contributed by atoms with Crippen molar-refractivity contribution in [1.82, 2.24) is 19.9 Å². The lowest BCUT2D eigenvalue weighted by Gasteiger charge is -2.18. The zero-order valence-corrected chi connectivity index (χ0v) is 19.5. The third-order valence-electron chi connectivity index (χ3n) is 4.65. The molecule has 0 spiro atoms. The molecule has 1 aromatic carbocycles. The molecule has 0 radical (unpaired) electrons. The van der Waals surface area contributed by atoms with Crippen LogP contribution in [0.1, 0.15) is 6.42 Å². The fourth-order valence-electron chi connectivity index (χ4n) is 3.01. The van der Waals surface area contributed by atoms with E-state index in [9.17, 15) is 13.2 Å². The van der Waals surface area contributed by atoms with Crippen molar-refractivity contribution in [3.8, 4) is 28.4 Å². The number of nitrogens with one attached hydrogen (secondary N) is 1. The zero-order valence-electron chi connectivity index (χ0n) is 18.8. The van der Waals surface area contributed by atoms with Crippen molar-refractivity contribution in [1.29, 1.82) is 0 Å². The number of allylic oxidation sites excluding steroid dienone is 1. The molecule has 0 aliphatic carbocycles. The average Bonchev–Trinajstić information content (AvgIpc) is 2.77. The van der Waals surface area contributed by atoms with Crippen molar-refractivity contribution < 1.29 is 26.7 Å². The van der Waals surface area contributed by atoms with E-state index >= 15 is 8.78 Å². The van der Waals surface area contributed by atoms with Gasteiger partial charge in [0.2, 0.25) is 0 Å². The van der Waals surface area contributed by atoms with Gasteiger partial charge in [0.05, 0.1) is 17.7 Å². The monoisotopic (exact) mass is 513 g/mol. The lowest BCUT2D eigenvalue weighted by Crippen LogP contribution is -2.19. The highest BCUT2D eigenvalue weighted by Gasteiger charge is 2.34. The van der Waals surface area contributed by atoms with E-state index < -0.39 is 45.6 Å². The number of anilines is 1. The smallest absolute Gasteiger partial charge is 0.430 e. The van der Waals surface area contributed by atoms with Crippen molar-refractivity contribution in [3.63, 3.8) is 0 Å². The van der Waals surface area contributed by atoms with Gasteiger partial charge >= 0.3 is 6.18 Å². The SMILES string of the molecule is C=C(Nc1nc(-c2ccccn2)nc(Cl)c1-c1c(F)cc(OCCCN(C)C)cc1F)C(F)(F)F. The lowest BCUT2D eigenvalue weighted by molar-refractivity contribution is -0.0898. The van der Waals surface area contributed by atoms with Crippen LogP contribution in [0.15, 0.2) is 48.8 Å². The van der Waals surface area contributed by atoms with E-state index in [1.807, 2.05) is 24.3 Å². The molecule has 2 aromatic heterocycles. The molecule has 0 saturated heterocycles. The molecule has 3 rings (SSSR count). The van der Waals surface area contributed by atoms with E-state index in [1.165, 1.54) is 12.3 Å². The molecule has 0 bridgehead atoms. The Bertz CT molecular complexity index is 1180. The number of aromatic nitrogens is 3. The Morgan fingerprint density at radius 3 is 2.37 bits per heavy atom. The predicted octanol–water partition coefficient (Wildman–Crippen LogP) is 5.96. The first kappa shape index (κ1) is 26.3. The molecule has 0 saturated carbocycles. The molecule has 6 nitrogen and oxygen atoms in total. The summed E-state index contributed by atoms with van der Waals surface area (Å²) in [4.78, 5) is 14.0. The van der Waals surface area contributed by atoms with Gasteiger partial charge in [-0.25, -0.2) is 18.7 Å². The molecular weight excluding hydrogens is 493 g/mol. The number of hydrogen-bond acceptors (Lipinski definition) is 6. The topological polar surface area (TPSA) is 63.2 Å². The van der Waals surface area contributed by atoms with Crippen LogP contribution in [-0.4, -0.2) is 53.3 Å². The molecule has 0 atom stereocenters. The van der Waals surface area contributed by atoms with Gasteiger partial charge in [-0.05, 0) is 32.6 Å². The summed E-state index contributed by atoms with van der Waals surface area (Å²) < 4.78 is 75.1. The summed E-state index contributed by atoms with van der Waals surface area (Å²) in [5.41, 5.74) is -2.46. The minimum atomic E-state index is -4.86. The highest BCUT2D eigenvalue weighted by Crippen LogP contribution is 2.40. The van der Waals surface area contributed by atoms with Gasteiger partial charge in [0.25, 0.3) is 0 Å². The summed E-state index contributed by atoms with van der Waals surface area (Å²) in [6, 6.07) is 6.54. The van der Waals surface area contributed by atoms with E-state index in [-0.39, 0.29) is 23.9 Å². The Morgan fingerprint density at radius 1 is 1.11 bits per heavy atom. The lowest BCUT2D eigenvalue weighted by atomic mass is 10.1. The molecule has 0 unspecified atom stereocenters. The standard InChI is InChI=1S/C23H21ClF5N5O/c1-13(23(27,28)29)31-22-19(20(24)32-21(33-22)17-7-4-5-8-30-17)18-15(25)11-14(12-16(18)26)35-10-6-9-34(2)3/h4-5,7-8,11-12H,1,6,9-10H2,2-3H3,(H,31,32,33). The minimum Gasteiger partial charge on any atom is -0.493 e. The van der Waals surface area contributed by atoms with E-state index in [1.54, 1.807) is 12.1 Å². The molecule has 186 valence electrons. The van der Waals surface area contributed by atoms with E-state index in [2.05, 4.69) is 21.5 Å². The number of pyridine rings is 1. The maximum atomic E-state index is 15.1. The second-order valence-electron chi connectivity index (χ2n) is 7.65. The van der Waals surface area contributed by atoms with Gasteiger partial charge in [-0.3, -0.25) is 4.98 Å². The van der Waals surface area contributed by atoms with Crippen LogP contribution in [0.5, 0.6) is 5.75 Å². The van der Waals surface area contributed by atoms with Gasteiger partial charge in [0.1, 0.15) is 39.7 Å². The summed E-state index contributed by atoms with van der Waals surface area (Å²) >= 11 is 6.23. The highest BCUT2D eigenvalue weighted by molar-refractivity contribution is 6.33. The van der Waals surface area contributed by atoms with Gasteiger partial charge in [-0.15, -0.1) is 0 Å². The molecule has 0 aliphatic heterocycles. The summed E-state index contributed by atoms with van der Waals surface area (Å²) in [7, 11) is 3.75. The zero-order chi connectivity index (χ0) is 25.8. The Kier molecular flexibility index (Phi) is 8.23. The number of hydrogen-bond donors (Lipinski definition) is 1. The first-order valence-corrected chi connectivity index (χ1v) is 10.6. The van der Waals surface area contributed by atoms with Crippen LogP contribution >= 0.6 is 11.6 Å². The molecule has 0 amide bonds. The minimum absolute atomic E-state index is 0.0844. The largest absolute Gasteiger partial charge is 0.493 e. The number of nitrogens with zero attached hydrogens (tertiary/aromatic N) is 4. The molecule has 3 aromatic rings. The second-order valence-corrected chi connectivity index (χ2v) is 8.00. The Balaban J connectivity index is 2.06. The first-order valence-electron chi connectivity index (χ1n) is 10.3. The van der Waals surface area contributed by atoms with Crippen molar-refractivity contribution in [2.45, 2.75) is 12.6 Å². The van der Waals surface area contributed by atoms with Crippen LogP contribution < -0.4 is 10.1 Å².